The lowest BCUT2D eigenvalue weighted by Gasteiger charge is -2.23. The molecule has 0 unspecified atom stereocenters. The molecule has 1 atom stereocenters. The molecule has 1 N–H and O–H groups in total. The molecule has 0 spiro atoms. The Balaban J connectivity index is 3.02. The zero-order valence-corrected chi connectivity index (χ0v) is 19.9. The van der Waals surface area contributed by atoms with Gasteiger partial charge in [0.25, 0.3) is 0 Å². The minimum absolute atomic E-state index is 0.295. The first kappa shape index (κ1) is 27.7. The lowest BCUT2D eigenvalue weighted by atomic mass is 10.1. The van der Waals surface area contributed by atoms with Crippen molar-refractivity contribution in [2.24, 2.45) is 9.98 Å². The van der Waals surface area contributed by atoms with Crippen LogP contribution in [0.3, 0.4) is 0 Å². The molecule has 32 heavy (non-hydrogen) atoms. The van der Waals surface area contributed by atoms with E-state index in [1.807, 2.05) is 33.9 Å². The Morgan fingerprint density at radius 1 is 1.25 bits per heavy atom. The van der Waals surface area contributed by atoms with Crippen LogP contribution in [-0.2, 0) is 0 Å². The van der Waals surface area contributed by atoms with Crippen molar-refractivity contribution in [2.75, 3.05) is 13.1 Å². The van der Waals surface area contributed by atoms with Gasteiger partial charge < -0.3 is 10.1 Å². The van der Waals surface area contributed by atoms with E-state index in [2.05, 4.69) is 15.4 Å². The normalized spacial score (nSPS) is 14.8. The molecule has 0 aliphatic carbocycles. The van der Waals surface area contributed by atoms with Gasteiger partial charge in [-0.05, 0) is 74.4 Å². The molecule has 1 aromatic carbocycles. The fourth-order valence-corrected chi connectivity index (χ4v) is 3.03. The van der Waals surface area contributed by atoms with Crippen LogP contribution in [0.25, 0.3) is 0 Å². The van der Waals surface area contributed by atoms with Gasteiger partial charge in [0.1, 0.15) is 5.71 Å². The monoisotopic (exact) mass is 471 g/mol. The van der Waals surface area contributed by atoms with E-state index < -0.39 is 11.9 Å². The fraction of sp³-hybridized carbons (Fsp3) is 0.478. The van der Waals surface area contributed by atoms with Crippen molar-refractivity contribution >= 4 is 23.2 Å². The Morgan fingerprint density at radius 3 is 2.50 bits per heavy atom. The van der Waals surface area contributed by atoms with Gasteiger partial charge >= 0.3 is 6.18 Å². The van der Waals surface area contributed by atoms with E-state index in [0.29, 0.717) is 30.1 Å². The van der Waals surface area contributed by atoms with Crippen molar-refractivity contribution in [3.63, 3.8) is 0 Å². The molecule has 0 aliphatic rings. The third-order valence-corrected chi connectivity index (χ3v) is 4.70. The summed E-state index contributed by atoms with van der Waals surface area (Å²) in [6.07, 6.45) is 1.52. The van der Waals surface area contributed by atoms with E-state index in [0.717, 1.165) is 30.7 Å². The molecule has 0 amide bonds. The molecule has 0 heterocycles. The summed E-state index contributed by atoms with van der Waals surface area (Å²) in [4.78, 5) is 7.77. The molecular weight excluding hydrogens is 441 g/mol. The molecule has 178 valence electrons. The second kappa shape index (κ2) is 13.3. The zero-order chi connectivity index (χ0) is 24.3. The van der Waals surface area contributed by atoms with Gasteiger partial charge in [0.05, 0.1) is 12.6 Å². The average Bonchev–Trinajstić information content (AvgIpc) is 2.70. The number of hydrogen-bond donors (Lipinski definition) is 1. The van der Waals surface area contributed by atoms with E-state index in [-0.39, 0.29) is 11.9 Å². The Morgan fingerprint density at radius 2 is 1.94 bits per heavy atom. The van der Waals surface area contributed by atoms with Crippen LogP contribution in [-0.4, -0.2) is 41.9 Å². The Bertz CT molecular complexity index is 843. The SMILES string of the molecule is CCCNN(/C=C(\C)[C@H](CC)N=C([O-])c1cc(C)cc(Cl)c1)C/C=C\N=C(C)C(F)(F)F. The van der Waals surface area contributed by atoms with Crippen molar-refractivity contribution in [1.82, 2.24) is 10.4 Å². The summed E-state index contributed by atoms with van der Waals surface area (Å²) in [5, 5.41) is 14.9. The molecule has 0 aliphatic heterocycles. The minimum atomic E-state index is -4.44. The zero-order valence-electron chi connectivity index (χ0n) is 19.1. The summed E-state index contributed by atoms with van der Waals surface area (Å²) < 4.78 is 37.6. The molecule has 9 heteroatoms. The number of aliphatic imine (C=N–C) groups is 2. The Labute approximate surface area is 193 Å². The predicted molar refractivity (Wildman–Crippen MR) is 124 cm³/mol. The second-order valence-corrected chi connectivity index (χ2v) is 7.84. The number of alkyl halides is 3. The topological polar surface area (TPSA) is 63.0 Å². The number of aryl methyl sites for hydroxylation is 1. The number of nitrogens with one attached hydrogen (secondary N) is 1. The maximum Gasteiger partial charge on any atom is 0.429 e. The van der Waals surface area contributed by atoms with Gasteiger partial charge in [-0.3, -0.25) is 9.98 Å². The molecule has 0 fully saturated rings. The van der Waals surface area contributed by atoms with Crippen LogP contribution in [0.4, 0.5) is 13.2 Å². The van der Waals surface area contributed by atoms with Crippen LogP contribution in [0.1, 0.15) is 51.7 Å². The van der Waals surface area contributed by atoms with E-state index in [1.165, 1.54) is 6.08 Å². The smallest absolute Gasteiger partial charge is 0.429 e. The highest BCUT2D eigenvalue weighted by Gasteiger charge is 2.31. The van der Waals surface area contributed by atoms with Gasteiger partial charge in [-0.1, -0.05) is 31.5 Å². The summed E-state index contributed by atoms with van der Waals surface area (Å²) >= 11 is 6.05. The van der Waals surface area contributed by atoms with Gasteiger partial charge in [-0.15, -0.1) is 0 Å². The number of halogens is 4. The van der Waals surface area contributed by atoms with Crippen LogP contribution < -0.4 is 10.5 Å². The number of hydrazine groups is 1. The summed E-state index contributed by atoms with van der Waals surface area (Å²) in [7, 11) is 0. The van der Waals surface area contributed by atoms with Crippen molar-refractivity contribution < 1.29 is 18.3 Å². The van der Waals surface area contributed by atoms with Crippen LogP contribution in [0.5, 0.6) is 0 Å². The molecule has 1 aromatic rings. The quantitative estimate of drug-likeness (QED) is 0.274. The average molecular weight is 472 g/mol. The highest BCUT2D eigenvalue weighted by atomic mass is 35.5. The molecule has 0 radical (unpaired) electrons. The van der Waals surface area contributed by atoms with Gasteiger partial charge in [-0.25, -0.2) is 5.43 Å². The van der Waals surface area contributed by atoms with Crippen LogP contribution in [0.15, 0.2) is 52.2 Å². The predicted octanol–water partition coefficient (Wildman–Crippen LogP) is 5.19. The minimum Gasteiger partial charge on any atom is -0.858 e. The van der Waals surface area contributed by atoms with Crippen molar-refractivity contribution in [3.8, 4) is 0 Å². The first-order valence-corrected chi connectivity index (χ1v) is 10.8. The third-order valence-electron chi connectivity index (χ3n) is 4.48. The highest BCUT2D eigenvalue weighted by molar-refractivity contribution is 6.31. The molecular formula is C23H31ClF3N4O-. The fourth-order valence-electron chi connectivity index (χ4n) is 2.74. The third kappa shape index (κ3) is 9.87. The Hall–Kier alpha value is -2.32. The molecule has 5 nitrogen and oxygen atoms in total. The molecule has 0 bridgehead atoms. The van der Waals surface area contributed by atoms with E-state index in [4.69, 9.17) is 11.6 Å². The Kier molecular flexibility index (Phi) is 11.5. The van der Waals surface area contributed by atoms with E-state index in [1.54, 1.807) is 23.2 Å². The molecule has 0 saturated carbocycles. The summed E-state index contributed by atoms with van der Waals surface area (Å²) in [6.45, 7) is 9.56. The molecule has 0 aromatic heterocycles. The standard InChI is InChI=1S/C23H32ClF3N4O/c1-6-9-29-31(11-8-10-28-18(5)23(25,26)27)15-17(4)21(7-2)30-22(32)19-12-16(3)13-20(24)14-19/h8,10,12-15,21,29H,6-7,9,11H2,1-5H3,(H,30,32)/p-1/b10-8-,17-15+,28-18?/t21-/m0/s1. The first-order valence-electron chi connectivity index (χ1n) is 10.4. The number of rotatable bonds is 11. The number of benzene rings is 1. The first-order chi connectivity index (χ1) is 15.0. The van der Waals surface area contributed by atoms with Gasteiger partial charge in [-0.2, -0.15) is 13.2 Å². The van der Waals surface area contributed by atoms with Crippen molar-refractivity contribution in [3.05, 3.63) is 58.4 Å². The van der Waals surface area contributed by atoms with Crippen LogP contribution >= 0.6 is 11.6 Å². The summed E-state index contributed by atoms with van der Waals surface area (Å²) in [6, 6.07) is 4.76. The summed E-state index contributed by atoms with van der Waals surface area (Å²) in [5.74, 6) is -0.347. The van der Waals surface area contributed by atoms with Crippen molar-refractivity contribution in [2.45, 2.75) is 59.7 Å². The maximum absolute atomic E-state index is 12.6. The number of nitrogens with zero attached hydrogens (tertiary/aromatic N) is 3. The largest absolute Gasteiger partial charge is 0.858 e. The second-order valence-electron chi connectivity index (χ2n) is 7.41. The molecule has 0 saturated heterocycles. The van der Waals surface area contributed by atoms with Gasteiger partial charge in [0.2, 0.25) is 0 Å². The number of hydrogen-bond acceptors (Lipinski definition) is 5. The molecule has 1 rings (SSSR count). The van der Waals surface area contributed by atoms with Gasteiger partial charge in [0.15, 0.2) is 0 Å². The van der Waals surface area contributed by atoms with Crippen molar-refractivity contribution in [1.29, 1.82) is 0 Å². The van der Waals surface area contributed by atoms with E-state index >= 15 is 0 Å². The van der Waals surface area contributed by atoms with E-state index in [9.17, 15) is 18.3 Å². The highest BCUT2D eigenvalue weighted by Crippen LogP contribution is 2.18. The lowest BCUT2D eigenvalue weighted by Crippen LogP contribution is -2.35. The summed E-state index contributed by atoms with van der Waals surface area (Å²) in [5.41, 5.74) is 4.43. The van der Waals surface area contributed by atoms with Crippen LogP contribution in [0.2, 0.25) is 5.02 Å². The lowest BCUT2D eigenvalue weighted by molar-refractivity contribution is -0.213. The van der Waals surface area contributed by atoms with Crippen LogP contribution in [0, 0.1) is 6.92 Å². The van der Waals surface area contributed by atoms with Gasteiger partial charge in [0, 0.05) is 24.0 Å². The maximum atomic E-state index is 12.6.